The standard InChI is InChI=1S/C15H15N3S/c1-11-13(10-16)15(18-8-2-3-9-18)19-14(11)12-4-6-17-7-5-12/h4-7H,2-3,8-9H2,1H3. The fraction of sp³-hybridized carbons (Fsp3) is 0.333. The molecule has 0 aromatic carbocycles. The third-order valence-corrected chi connectivity index (χ3v) is 4.98. The second-order valence-corrected chi connectivity index (χ2v) is 5.78. The SMILES string of the molecule is Cc1c(-c2ccncc2)sc(N2CCCC2)c1C#N. The van der Waals surface area contributed by atoms with Crippen molar-refractivity contribution in [2.45, 2.75) is 19.8 Å². The number of thiophene rings is 1. The van der Waals surface area contributed by atoms with E-state index in [1.807, 2.05) is 19.1 Å². The third-order valence-electron chi connectivity index (χ3n) is 3.58. The van der Waals surface area contributed by atoms with Gasteiger partial charge in [0.25, 0.3) is 0 Å². The van der Waals surface area contributed by atoms with Crippen molar-refractivity contribution >= 4 is 16.3 Å². The van der Waals surface area contributed by atoms with Crippen molar-refractivity contribution < 1.29 is 0 Å². The molecular weight excluding hydrogens is 254 g/mol. The van der Waals surface area contributed by atoms with Crippen molar-refractivity contribution in [3.8, 4) is 16.5 Å². The Hall–Kier alpha value is -1.86. The summed E-state index contributed by atoms with van der Waals surface area (Å²) in [6.45, 7) is 4.19. The molecule has 0 radical (unpaired) electrons. The van der Waals surface area contributed by atoms with Crippen LogP contribution >= 0.6 is 11.3 Å². The number of hydrogen-bond donors (Lipinski definition) is 0. The van der Waals surface area contributed by atoms with Crippen molar-refractivity contribution in [2.75, 3.05) is 18.0 Å². The predicted octanol–water partition coefficient (Wildman–Crippen LogP) is 3.59. The van der Waals surface area contributed by atoms with Gasteiger partial charge in [-0.1, -0.05) is 0 Å². The Morgan fingerprint density at radius 2 is 1.95 bits per heavy atom. The molecule has 96 valence electrons. The first kappa shape index (κ1) is 12.2. The van der Waals surface area contributed by atoms with Crippen molar-refractivity contribution in [1.82, 2.24) is 4.98 Å². The number of aromatic nitrogens is 1. The molecule has 0 atom stereocenters. The van der Waals surface area contributed by atoms with E-state index in [1.54, 1.807) is 23.7 Å². The van der Waals surface area contributed by atoms with Crippen LogP contribution in [0.1, 0.15) is 24.0 Å². The maximum atomic E-state index is 9.44. The van der Waals surface area contributed by atoms with Crippen LogP contribution in [0.25, 0.3) is 10.4 Å². The van der Waals surface area contributed by atoms with Crippen molar-refractivity contribution in [3.63, 3.8) is 0 Å². The molecule has 0 aliphatic carbocycles. The van der Waals surface area contributed by atoms with Gasteiger partial charge in [0.05, 0.1) is 5.56 Å². The van der Waals surface area contributed by atoms with Crippen LogP contribution in [0, 0.1) is 18.3 Å². The van der Waals surface area contributed by atoms with E-state index in [1.165, 1.54) is 17.7 Å². The van der Waals surface area contributed by atoms with Crippen molar-refractivity contribution in [3.05, 3.63) is 35.7 Å². The molecule has 1 fully saturated rings. The number of rotatable bonds is 2. The number of anilines is 1. The highest BCUT2D eigenvalue weighted by molar-refractivity contribution is 7.20. The van der Waals surface area contributed by atoms with E-state index in [0.29, 0.717) is 0 Å². The molecule has 0 saturated carbocycles. The second-order valence-electron chi connectivity index (χ2n) is 4.78. The van der Waals surface area contributed by atoms with Crippen LogP contribution in [0.3, 0.4) is 0 Å². The predicted molar refractivity (Wildman–Crippen MR) is 78.4 cm³/mol. The fourth-order valence-corrected chi connectivity index (χ4v) is 3.87. The Morgan fingerprint density at radius 3 is 2.58 bits per heavy atom. The summed E-state index contributed by atoms with van der Waals surface area (Å²) in [7, 11) is 0. The summed E-state index contributed by atoms with van der Waals surface area (Å²) in [5, 5.41) is 10.6. The molecule has 0 amide bonds. The molecule has 2 aromatic heterocycles. The van der Waals surface area contributed by atoms with Gasteiger partial charge in [0.1, 0.15) is 11.1 Å². The van der Waals surface area contributed by atoms with E-state index in [2.05, 4.69) is 16.0 Å². The molecule has 0 unspecified atom stereocenters. The zero-order valence-corrected chi connectivity index (χ0v) is 11.7. The maximum Gasteiger partial charge on any atom is 0.110 e. The molecule has 3 nitrogen and oxygen atoms in total. The molecule has 0 spiro atoms. The average molecular weight is 269 g/mol. The number of pyridine rings is 1. The molecule has 2 aromatic rings. The Labute approximate surface area is 117 Å². The highest BCUT2D eigenvalue weighted by Gasteiger charge is 2.22. The van der Waals surface area contributed by atoms with Gasteiger partial charge in [-0.2, -0.15) is 5.26 Å². The molecule has 1 saturated heterocycles. The lowest BCUT2D eigenvalue weighted by Crippen LogP contribution is -2.17. The Kier molecular flexibility index (Phi) is 3.22. The number of hydrogen-bond acceptors (Lipinski definition) is 4. The first-order valence-electron chi connectivity index (χ1n) is 6.50. The first-order chi connectivity index (χ1) is 9.31. The topological polar surface area (TPSA) is 39.9 Å². The maximum absolute atomic E-state index is 9.44. The zero-order valence-electron chi connectivity index (χ0n) is 10.9. The van der Waals surface area contributed by atoms with Gasteiger partial charge in [0, 0.05) is 30.4 Å². The summed E-state index contributed by atoms with van der Waals surface area (Å²) in [6.07, 6.45) is 6.06. The number of nitriles is 1. The Balaban J connectivity index is 2.10. The minimum atomic E-state index is 0.846. The zero-order chi connectivity index (χ0) is 13.2. The van der Waals surface area contributed by atoms with E-state index in [4.69, 9.17) is 0 Å². The van der Waals surface area contributed by atoms with Crippen LogP contribution in [-0.4, -0.2) is 18.1 Å². The lowest BCUT2D eigenvalue weighted by atomic mass is 10.1. The van der Waals surface area contributed by atoms with Crippen LogP contribution in [-0.2, 0) is 0 Å². The van der Waals surface area contributed by atoms with Gasteiger partial charge in [-0.3, -0.25) is 4.98 Å². The highest BCUT2D eigenvalue weighted by atomic mass is 32.1. The summed E-state index contributed by atoms with van der Waals surface area (Å²) in [4.78, 5) is 7.60. The minimum Gasteiger partial charge on any atom is -0.362 e. The molecule has 19 heavy (non-hydrogen) atoms. The molecule has 0 bridgehead atoms. The molecule has 4 heteroatoms. The molecule has 3 heterocycles. The van der Waals surface area contributed by atoms with Gasteiger partial charge in [0.15, 0.2) is 0 Å². The van der Waals surface area contributed by atoms with Gasteiger partial charge in [-0.25, -0.2) is 0 Å². The van der Waals surface area contributed by atoms with E-state index in [0.717, 1.165) is 34.8 Å². The molecular formula is C15H15N3S. The lowest BCUT2D eigenvalue weighted by molar-refractivity contribution is 0.949. The highest BCUT2D eigenvalue weighted by Crippen LogP contribution is 2.42. The van der Waals surface area contributed by atoms with E-state index < -0.39 is 0 Å². The van der Waals surface area contributed by atoms with Crippen molar-refractivity contribution in [2.24, 2.45) is 0 Å². The minimum absolute atomic E-state index is 0.846. The normalized spacial score (nSPS) is 14.6. The smallest absolute Gasteiger partial charge is 0.110 e. The van der Waals surface area contributed by atoms with Gasteiger partial charge in [-0.15, -0.1) is 11.3 Å². The van der Waals surface area contributed by atoms with Crippen molar-refractivity contribution in [1.29, 1.82) is 5.26 Å². The van der Waals surface area contributed by atoms with E-state index in [9.17, 15) is 5.26 Å². The third kappa shape index (κ3) is 2.11. The largest absolute Gasteiger partial charge is 0.362 e. The van der Waals surface area contributed by atoms with Gasteiger partial charge >= 0.3 is 0 Å². The Bertz CT molecular complexity index is 619. The quantitative estimate of drug-likeness (QED) is 0.836. The monoisotopic (exact) mass is 269 g/mol. The molecule has 0 N–H and O–H groups in total. The molecule has 1 aliphatic rings. The lowest BCUT2D eigenvalue weighted by Gasteiger charge is -2.15. The summed E-state index contributed by atoms with van der Waals surface area (Å²) in [6, 6.07) is 6.40. The van der Waals surface area contributed by atoms with Crippen LogP contribution < -0.4 is 4.90 Å². The molecule has 3 rings (SSSR count). The first-order valence-corrected chi connectivity index (χ1v) is 7.31. The van der Waals surface area contributed by atoms with Crippen LogP contribution in [0.15, 0.2) is 24.5 Å². The summed E-state index contributed by atoms with van der Waals surface area (Å²) < 4.78 is 0. The summed E-state index contributed by atoms with van der Waals surface area (Å²) in [5.41, 5.74) is 3.10. The fourth-order valence-electron chi connectivity index (χ4n) is 2.55. The van der Waals surface area contributed by atoms with Crippen LogP contribution in [0.5, 0.6) is 0 Å². The number of nitrogens with zero attached hydrogens (tertiary/aromatic N) is 3. The average Bonchev–Trinajstić information content (AvgIpc) is 3.07. The summed E-state index contributed by atoms with van der Waals surface area (Å²) in [5.74, 6) is 0. The van der Waals surface area contributed by atoms with Gasteiger partial charge < -0.3 is 4.90 Å². The van der Waals surface area contributed by atoms with Gasteiger partial charge in [-0.05, 0) is 43.0 Å². The second kappa shape index (κ2) is 5.02. The van der Waals surface area contributed by atoms with Gasteiger partial charge in [0.2, 0.25) is 0 Å². The van der Waals surface area contributed by atoms with E-state index >= 15 is 0 Å². The molecule has 1 aliphatic heterocycles. The van der Waals surface area contributed by atoms with E-state index in [-0.39, 0.29) is 0 Å². The van der Waals surface area contributed by atoms with Crippen LogP contribution in [0.2, 0.25) is 0 Å². The Morgan fingerprint density at radius 1 is 1.26 bits per heavy atom. The summed E-state index contributed by atoms with van der Waals surface area (Å²) >= 11 is 1.74. The van der Waals surface area contributed by atoms with Crippen LogP contribution in [0.4, 0.5) is 5.00 Å².